The Labute approximate surface area is 227 Å². The molecule has 0 aliphatic carbocycles. The van der Waals surface area contributed by atoms with Crippen LogP contribution in [-0.4, -0.2) is 59.1 Å². The Hall–Kier alpha value is -1.54. The first kappa shape index (κ1) is 31.7. The number of methoxy groups -OCH3 is 1. The van der Waals surface area contributed by atoms with Gasteiger partial charge >= 0.3 is 0 Å². The largest absolute Gasteiger partial charge is 0.417 e. The van der Waals surface area contributed by atoms with Gasteiger partial charge in [0.1, 0.15) is 6.79 Å². The zero-order chi connectivity index (χ0) is 27.2. The molecule has 0 N–H and O–H groups in total. The number of rotatable bonds is 18. The standard InChI is InChI=1S/C31H51NO4Si/c1-8-30(35-26-34-23-22-33-5)29(20-15-21-36-37(6,7)31(2,3)4)32(24-27-16-11-9-12-17-27)25-28-18-13-10-14-19-28/h9-14,16-19,29-30H,8,15,20-26H2,1-7H3/t29-,30+/m0/s1. The van der Waals surface area contributed by atoms with Gasteiger partial charge in [0.25, 0.3) is 0 Å². The summed E-state index contributed by atoms with van der Waals surface area (Å²) in [6.07, 6.45) is 2.98. The van der Waals surface area contributed by atoms with Crippen LogP contribution in [0, 0.1) is 0 Å². The first-order chi connectivity index (χ1) is 17.7. The number of hydrogen-bond donors (Lipinski definition) is 0. The van der Waals surface area contributed by atoms with E-state index >= 15 is 0 Å². The van der Waals surface area contributed by atoms with E-state index in [1.807, 2.05) is 0 Å². The normalized spacial score (nSPS) is 14.2. The molecule has 0 aromatic heterocycles. The molecule has 0 spiro atoms. The van der Waals surface area contributed by atoms with Crippen molar-refractivity contribution >= 4 is 8.32 Å². The molecular weight excluding hydrogens is 478 g/mol. The highest BCUT2D eigenvalue weighted by Gasteiger charge is 2.37. The number of benzene rings is 2. The van der Waals surface area contributed by atoms with E-state index in [0.29, 0.717) is 13.2 Å². The zero-order valence-corrected chi connectivity index (χ0v) is 25.4. The minimum Gasteiger partial charge on any atom is -0.417 e. The average Bonchev–Trinajstić information content (AvgIpc) is 2.87. The Morgan fingerprint density at radius 2 is 1.41 bits per heavy atom. The van der Waals surface area contributed by atoms with E-state index in [0.717, 1.165) is 39.0 Å². The molecule has 0 fully saturated rings. The van der Waals surface area contributed by atoms with Crippen molar-refractivity contribution in [1.29, 1.82) is 0 Å². The van der Waals surface area contributed by atoms with E-state index in [9.17, 15) is 0 Å². The molecule has 0 bridgehead atoms. The quantitative estimate of drug-likeness (QED) is 0.115. The van der Waals surface area contributed by atoms with E-state index in [-0.39, 0.29) is 24.0 Å². The monoisotopic (exact) mass is 529 g/mol. The fourth-order valence-corrected chi connectivity index (χ4v) is 5.29. The number of hydrogen-bond acceptors (Lipinski definition) is 5. The first-order valence-electron chi connectivity index (χ1n) is 13.8. The highest BCUT2D eigenvalue weighted by atomic mass is 28.4. The SMILES string of the molecule is CC[C@@H](OCOCCOC)[C@H](CCCO[Si](C)(C)C(C)(C)C)N(Cc1ccccc1)Cc1ccccc1. The zero-order valence-electron chi connectivity index (χ0n) is 24.4. The molecule has 2 rings (SSSR count). The van der Waals surface area contributed by atoms with Gasteiger partial charge in [-0.3, -0.25) is 4.90 Å². The molecule has 0 saturated carbocycles. The molecule has 2 aromatic carbocycles. The second-order valence-electron chi connectivity index (χ2n) is 11.3. The van der Waals surface area contributed by atoms with Crippen molar-refractivity contribution in [3.63, 3.8) is 0 Å². The molecule has 0 aliphatic rings. The topological polar surface area (TPSA) is 40.2 Å². The van der Waals surface area contributed by atoms with Crippen molar-refractivity contribution in [2.45, 2.75) is 90.3 Å². The number of ether oxygens (including phenoxy) is 3. The van der Waals surface area contributed by atoms with Crippen LogP contribution in [0.1, 0.15) is 58.1 Å². The molecule has 6 heteroatoms. The predicted molar refractivity (Wildman–Crippen MR) is 156 cm³/mol. The van der Waals surface area contributed by atoms with Gasteiger partial charge in [0.2, 0.25) is 0 Å². The van der Waals surface area contributed by atoms with Gasteiger partial charge in [-0.15, -0.1) is 0 Å². The molecule has 0 aliphatic heterocycles. The Kier molecular flexibility index (Phi) is 14.1. The maximum absolute atomic E-state index is 6.54. The lowest BCUT2D eigenvalue weighted by Gasteiger charge is -2.38. The highest BCUT2D eigenvalue weighted by Crippen LogP contribution is 2.36. The summed E-state index contributed by atoms with van der Waals surface area (Å²) in [6.45, 7) is 17.7. The van der Waals surface area contributed by atoms with Crippen LogP contribution in [0.2, 0.25) is 18.1 Å². The Bertz CT molecular complexity index is 800. The lowest BCUT2D eigenvalue weighted by molar-refractivity contribution is -0.123. The lowest BCUT2D eigenvalue weighted by atomic mass is 9.99. The highest BCUT2D eigenvalue weighted by molar-refractivity contribution is 6.74. The van der Waals surface area contributed by atoms with Crippen LogP contribution in [0.5, 0.6) is 0 Å². The van der Waals surface area contributed by atoms with Crippen LogP contribution >= 0.6 is 0 Å². The van der Waals surface area contributed by atoms with Crippen molar-refractivity contribution in [1.82, 2.24) is 4.90 Å². The van der Waals surface area contributed by atoms with E-state index in [1.165, 1.54) is 11.1 Å². The molecule has 5 nitrogen and oxygen atoms in total. The third kappa shape index (κ3) is 11.4. The molecule has 0 heterocycles. The third-order valence-electron chi connectivity index (χ3n) is 7.47. The third-order valence-corrected chi connectivity index (χ3v) is 12.0. The second-order valence-corrected chi connectivity index (χ2v) is 16.1. The summed E-state index contributed by atoms with van der Waals surface area (Å²) in [5.74, 6) is 0. The van der Waals surface area contributed by atoms with Crippen molar-refractivity contribution < 1.29 is 18.6 Å². The van der Waals surface area contributed by atoms with Gasteiger partial charge < -0.3 is 18.6 Å². The van der Waals surface area contributed by atoms with Crippen LogP contribution in [0.3, 0.4) is 0 Å². The van der Waals surface area contributed by atoms with Gasteiger partial charge in [-0.1, -0.05) is 88.4 Å². The molecule has 2 atom stereocenters. The Morgan fingerprint density at radius 3 is 1.89 bits per heavy atom. The average molecular weight is 530 g/mol. The smallest absolute Gasteiger partial charge is 0.191 e. The molecule has 0 saturated heterocycles. The van der Waals surface area contributed by atoms with Gasteiger partial charge in [0.05, 0.1) is 19.3 Å². The molecule has 0 unspecified atom stereocenters. The van der Waals surface area contributed by atoms with E-state index in [1.54, 1.807) is 7.11 Å². The first-order valence-corrected chi connectivity index (χ1v) is 16.7. The van der Waals surface area contributed by atoms with Gasteiger partial charge in [-0.05, 0) is 48.5 Å². The van der Waals surface area contributed by atoms with Crippen molar-refractivity contribution in [2.75, 3.05) is 33.7 Å². The molecule has 0 amide bonds. The minimum absolute atomic E-state index is 0.0582. The van der Waals surface area contributed by atoms with Gasteiger partial charge in [0.15, 0.2) is 8.32 Å². The maximum atomic E-state index is 6.54. The summed E-state index contributed by atoms with van der Waals surface area (Å²) in [7, 11) is -0.0855. The summed E-state index contributed by atoms with van der Waals surface area (Å²) in [6, 6.07) is 21.7. The Balaban J connectivity index is 2.21. The summed E-state index contributed by atoms with van der Waals surface area (Å²) >= 11 is 0. The van der Waals surface area contributed by atoms with Crippen LogP contribution < -0.4 is 0 Å². The van der Waals surface area contributed by atoms with E-state index < -0.39 is 8.32 Å². The lowest BCUT2D eigenvalue weighted by Crippen LogP contribution is -2.45. The van der Waals surface area contributed by atoms with Gasteiger partial charge in [0, 0.05) is 32.8 Å². The second kappa shape index (κ2) is 16.4. The Morgan fingerprint density at radius 1 is 0.838 bits per heavy atom. The fourth-order valence-electron chi connectivity index (χ4n) is 4.20. The summed E-state index contributed by atoms with van der Waals surface area (Å²) < 4.78 is 23.7. The van der Waals surface area contributed by atoms with Gasteiger partial charge in [-0.25, -0.2) is 0 Å². The van der Waals surface area contributed by atoms with Crippen LogP contribution in [0.25, 0.3) is 0 Å². The van der Waals surface area contributed by atoms with Crippen molar-refractivity contribution in [2.24, 2.45) is 0 Å². The summed E-state index contributed by atoms with van der Waals surface area (Å²) in [4.78, 5) is 2.58. The summed E-state index contributed by atoms with van der Waals surface area (Å²) in [5.41, 5.74) is 2.62. The van der Waals surface area contributed by atoms with Crippen molar-refractivity contribution in [3.8, 4) is 0 Å². The molecular formula is C31H51NO4Si. The minimum atomic E-state index is -1.77. The fraction of sp³-hybridized carbons (Fsp3) is 0.613. The van der Waals surface area contributed by atoms with Gasteiger partial charge in [-0.2, -0.15) is 0 Å². The van der Waals surface area contributed by atoms with E-state index in [2.05, 4.69) is 106 Å². The van der Waals surface area contributed by atoms with Crippen LogP contribution in [-0.2, 0) is 31.7 Å². The van der Waals surface area contributed by atoms with E-state index in [4.69, 9.17) is 18.6 Å². The molecule has 2 aromatic rings. The molecule has 208 valence electrons. The maximum Gasteiger partial charge on any atom is 0.191 e. The van der Waals surface area contributed by atoms with Crippen molar-refractivity contribution in [3.05, 3.63) is 71.8 Å². The van der Waals surface area contributed by atoms with Crippen LogP contribution in [0.15, 0.2) is 60.7 Å². The molecule has 0 radical (unpaired) electrons. The summed E-state index contributed by atoms with van der Waals surface area (Å²) in [5, 5.41) is 0.216. The molecule has 37 heavy (non-hydrogen) atoms. The number of nitrogens with zero attached hydrogens (tertiary/aromatic N) is 1. The predicted octanol–water partition coefficient (Wildman–Crippen LogP) is 7.28. The van der Waals surface area contributed by atoms with Crippen LogP contribution in [0.4, 0.5) is 0 Å².